The number of carbonyl (C=O) groups excluding carboxylic acids is 1. The average molecular weight is 383 g/mol. The van der Waals surface area contributed by atoms with E-state index in [1.807, 2.05) is 0 Å². The zero-order chi connectivity index (χ0) is 19.7. The van der Waals surface area contributed by atoms with Gasteiger partial charge in [0.2, 0.25) is 0 Å². The van der Waals surface area contributed by atoms with E-state index in [-0.39, 0.29) is 17.9 Å². The summed E-state index contributed by atoms with van der Waals surface area (Å²) in [5.74, 6) is -0.827. The molecule has 0 atom stereocenters. The van der Waals surface area contributed by atoms with Crippen molar-refractivity contribution in [2.24, 2.45) is 0 Å². The van der Waals surface area contributed by atoms with Crippen molar-refractivity contribution in [1.29, 1.82) is 0 Å². The first kappa shape index (κ1) is 18.2. The molecule has 3 heterocycles. The molecular formula is C21H16F3N3O. The maximum atomic E-state index is 13.7. The Kier molecular flexibility index (Phi) is 4.81. The summed E-state index contributed by atoms with van der Waals surface area (Å²) in [6.45, 7) is 0.532. The summed E-state index contributed by atoms with van der Waals surface area (Å²) < 4.78 is 39.5. The molecule has 0 radical (unpaired) electrons. The van der Waals surface area contributed by atoms with E-state index < -0.39 is 12.2 Å². The van der Waals surface area contributed by atoms with Crippen LogP contribution in [-0.2, 0) is 12.8 Å². The van der Waals surface area contributed by atoms with Crippen molar-refractivity contribution in [2.75, 3.05) is 6.54 Å². The SMILES string of the molecule is O=C1NCCc2c1ccnc2-c1cc(Cc2cc(F)cc(C(F)F)c2)ccn1. The summed E-state index contributed by atoms with van der Waals surface area (Å²) in [7, 11) is 0. The van der Waals surface area contributed by atoms with Crippen LogP contribution in [0.15, 0.2) is 48.8 Å². The molecule has 3 aromatic rings. The largest absolute Gasteiger partial charge is 0.352 e. The molecule has 0 saturated heterocycles. The van der Waals surface area contributed by atoms with Gasteiger partial charge in [0.15, 0.2) is 0 Å². The second-order valence-electron chi connectivity index (χ2n) is 6.61. The van der Waals surface area contributed by atoms with Crippen molar-refractivity contribution in [3.63, 3.8) is 0 Å². The van der Waals surface area contributed by atoms with Crippen LogP contribution in [0, 0.1) is 5.82 Å². The quantitative estimate of drug-likeness (QED) is 0.738. The summed E-state index contributed by atoms with van der Waals surface area (Å²) in [5, 5.41) is 2.80. The third-order valence-electron chi connectivity index (χ3n) is 4.67. The summed E-state index contributed by atoms with van der Waals surface area (Å²) in [5.41, 5.74) is 3.53. The normalized spacial score (nSPS) is 13.4. The number of nitrogens with zero attached hydrogens (tertiary/aromatic N) is 2. The van der Waals surface area contributed by atoms with Gasteiger partial charge in [-0.1, -0.05) is 0 Å². The molecule has 0 aliphatic carbocycles. The van der Waals surface area contributed by atoms with Crippen molar-refractivity contribution in [3.8, 4) is 11.4 Å². The van der Waals surface area contributed by atoms with Gasteiger partial charge in [-0.3, -0.25) is 14.8 Å². The highest BCUT2D eigenvalue weighted by molar-refractivity contribution is 5.98. The number of hydrogen-bond acceptors (Lipinski definition) is 3. The van der Waals surface area contributed by atoms with Crippen LogP contribution in [0.2, 0.25) is 0 Å². The van der Waals surface area contributed by atoms with Gasteiger partial charge < -0.3 is 5.32 Å². The molecule has 0 bridgehead atoms. The van der Waals surface area contributed by atoms with Crippen LogP contribution >= 0.6 is 0 Å². The first-order valence-electron chi connectivity index (χ1n) is 8.80. The fourth-order valence-electron chi connectivity index (χ4n) is 3.43. The second kappa shape index (κ2) is 7.42. The number of pyridine rings is 2. The first-order chi connectivity index (χ1) is 13.5. The van der Waals surface area contributed by atoms with Crippen LogP contribution < -0.4 is 5.32 Å². The van der Waals surface area contributed by atoms with Crippen LogP contribution in [0.4, 0.5) is 13.2 Å². The van der Waals surface area contributed by atoms with Crippen molar-refractivity contribution in [2.45, 2.75) is 19.3 Å². The maximum absolute atomic E-state index is 13.7. The highest BCUT2D eigenvalue weighted by Gasteiger charge is 2.21. The number of halogens is 3. The molecule has 1 N–H and O–H groups in total. The minimum atomic E-state index is -2.73. The lowest BCUT2D eigenvalue weighted by Crippen LogP contribution is -2.32. The molecule has 1 amide bonds. The van der Waals surface area contributed by atoms with Crippen molar-refractivity contribution in [3.05, 3.63) is 82.4 Å². The molecule has 4 nitrogen and oxygen atoms in total. The molecule has 0 spiro atoms. The van der Waals surface area contributed by atoms with Crippen molar-refractivity contribution < 1.29 is 18.0 Å². The molecular weight excluding hydrogens is 367 g/mol. The van der Waals surface area contributed by atoms with Crippen molar-refractivity contribution >= 4 is 5.91 Å². The van der Waals surface area contributed by atoms with Gasteiger partial charge in [0.1, 0.15) is 5.82 Å². The van der Waals surface area contributed by atoms with E-state index in [0.717, 1.165) is 17.2 Å². The minimum Gasteiger partial charge on any atom is -0.352 e. The Balaban J connectivity index is 1.69. The Hall–Kier alpha value is -3.22. The van der Waals surface area contributed by atoms with Gasteiger partial charge in [-0.2, -0.15) is 0 Å². The lowest BCUT2D eigenvalue weighted by atomic mass is 9.96. The molecule has 142 valence electrons. The Labute approximate surface area is 159 Å². The molecule has 1 aliphatic heterocycles. The molecule has 4 rings (SSSR count). The summed E-state index contributed by atoms with van der Waals surface area (Å²) in [4.78, 5) is 20.8. The Morgan fingerprint density at radius 2 is 1.86 bits per heavy atom. The first-order valence-corrected chi connectivity index (χ1v) is 8.80. The van der Waals surface area contributed by atoms with E-state index in [9.17, 15) is 18.0 Å². The number of alkyl halides is 2. The summed E-state index contributed by atoms with van der Waals surface area (Å²) >= 11 is 0. The molecule has 7 heteroatoms. The van der Waals surface area contributed by atoms with E-state index in [2.05, 4.69) is 15.3 Å². The number of aromatic nitrogens is 2. The predicted molar refractivity (Wildman–Crippen MR) is 97.7 cm³/mol. The van der Waals surface area contributed by atoms with Gasteiger partial charge in [0, 0.05) is 30.1 Å². The molecule has 0 fully saturated rings. The van der Waals surface area contributed by atoms with Crippen molar-refractivity contribution in [1.82, 2.24) is 15.3 Å². The molecule has 1 aliphatic rings. The fraction of sp³-hybridized carbons (Fsp3) is 0.190. The van der Waals surface area contributed by atoms with Gasteiger partial charge in [-0.05, 0) is 65.9 Å². The maximum Gasteiger partial charge on any atom is 0.263 e. The smallest absolute Gasteiger partial charge is 0.263 e. The average Bonchev–Trinajstić information content (AvgIpc) is 2.68. The van der Waals surface area contributed by atoms with Crippen LogP contribution in [-0.4, -0.2) is 22.4 Å². The number of carbonyl (C=O) groups is 1. The summed E-state index contributed by atoms with van der Waals surface area (Å²) in [6, 6.07) is 8.62. The fourth-order valence-corrected chi connectivity index (χ4v) is 3.43. The van der Waals surface area contributed by atoms with Gasteiger partial charge >= 0.3 is 0 Å². The van der Waals surface area contributed by atoms with E-state index in [0.29, 0.717) is 35.5 Å². The number of amides is 1. The Morgan fingerprint density at radius 3 is 2.68 bits per heavy atom. The topological polar surface area (TPSA) is 54.9 Å². The Bertz CT molecular complexity index is 1050. The van der Waals surface area contributed by atoms with Gasteiger partial charge in [0.25, 0.3) is 12.3 Å². The highest BCUT2D eigenvalue weighted by Crippen LogP contribution is 2.27. The molecule has 2 aromatic heterocycles. The number of nitrogens with one attached hydrogen (secondary N) is 1. The lowest BCUT2D eigenvalue weighted by Gasteiger charge is -2.18. The van der Waals surface area contributed by atoms with E-state index in [1.54, 1.807) is 30.6 Å². The lowest BCUT2D eigenvalue weighted by molar-refractivity contribution is 0.0946. The number of hydrogen-bond donors (Lipinski definition) is 1. The van der Waals surface area contributed by atoms with E-state index in [1.165, 1.54) is 12.1 Å². The number of benzene rings is 1. The van der Waals surface area contributed by atoms with Crippen LogP contribution in [0.5, 0.6) is 0 Å². The minimum absolute atomic E-state index is 0.139. The van der Waals surface area contributed by atoms with Crippen LogP contribution in [0.3, 0.4) is 0 Å². The van der Waals surface area contributed by atoms with E-state index >= 15 is 0 Å². The number of rotatable bonds is 4. The predicted octanol–water partition coefficient (Wildman–Crippen LogP) is 4.10. The molecule has 28 heavy (non-hydrogen) atoms. The zero-order valence-electron chi connectivity index (χ0n) is 14.8. The third kappa shape index (κ3) is 3.60. The highest BCUT2D eigenvalue weighted by atomic mass is 19.3. The molecule has 0 unspecified atom stereocenters. The Morgan fingerprint density at radius 1 is 1.04 bits per heavy atom. The van der Waals surface area contributed by atoms with Gasteiger partial charge in [-0.25, -0.2) is 13.2 Å². The number of fused-ring (bicyclic) bond motifs is 1. The monoisotopic (exact) mass is 383 g/mol. The van der Waals surface area contributed by atoms with Gasteiger partial charge in [0.05, 0.1) is 11.4 Å². The second-order valence-corrected chi connectivity index (χ2v) is 6.61. The standard InChI is InChI=1S/C21H16F3N3O/c22-15-9-13(8-14(11-15)20(23)24)7-12-1-4-25-18(10-12)19-16-2-6-27-21(28)17(16)3-5-26-19/h1,3-5,8-11,20H,2,6-7H2,(H,27,28). The van der Waals surface area contributed by atoms with E-state index in [4.69, 9.17) is 0 Å². The molecule has 1 aromatic carbocycles. The van der Waals surface area contributed by atoms with Gasteiger partial charge in [-0.15, -0.1) is 0 Å². The third-order valence-corrected chi connectivity index (χ3v) is 4.67. The summed E-state index contributed by atoms with van der Waals surface area (Å²) in [6.07, 6.45) is 1.37. The van der Waals surface area contributed by atoms with Crippen LogP contribution in [0.1, 0.15) is 39.0 Å². The zero-order valence-corrected chi connectivity index (χ0v) is 14.8. The molecule has 0 saturated carbocycles. The van der Waals surface area contributed by atoms with Crippen LogP contribution in [0.25, 0.3) is 11.4 Å².